The van der Waals surface area contributed by atoms with Crippen LogP contribution in [0, 0.1) is 0 Å². The van der Waals surface area contributed by atoms with E-state index in [4.69, 9.17) is 14.2 Å². The maximum absolute atomic E-state index is 6.68. The van der Waals surface area contributed by atoms with Crippen LogP contribution in [0.15, 0.2) is 18.2 Å². The van der Waals surface area contributed by atoms with Crippen molar-refractivity contribution in [1.29, 1.82) is 0 Å². The second kappa shape index (κ2) is 9.05. The zero-order chi connectivity index (χ0) is 20.4. The van der Waals surface area contributed by atoms with Gasteiger partial charge in [0.25, 0.3) is 0 Å². The lowest BCUT2D eigenvalue weighted by Crippen LogP contribution is -2.53. The average molecular weight is 415 g/mol. The molecule has 2 saturated heterocycles. The molecule has 0 bridgehead atoms. The van der Waals surface area contributed by atoms with Crippen LogP contribution in [0.2, 0.25) is 0 Å². The number of likely N-dealkylation sites (tertiary alicyclic amines) is 1. The molecule has 3 fully saturated rings. The van der Waals surface area contributed by atoms with E-state index in [1.54, 1.807) is 7.11 Å². The van der Waals surface area contributed by atoms with Crippen molar-refractivity contribution in [2.75, 3.05) is 51.4 Å². The number of aryl methyl sites for hydroxylation is 1. The first-order valence-electron chi connectivity index (χ1n) is 12.2. The van der Waals surface area contributed by atoms with Crippen LogP contribution < -0.4 is 9.64 Å². The molecule has 0 atom stereocenters. The molecule has 1 spiro atoms. The number of nitrogens with zero attached hydrogens (tertiary/aromatic N) is 2. The van der Waals surface area contributed by atoms with Crippen LogP contribution in [0.5, 0.6) is 5.75 Å². The van der Waals surface area contributed by atoms with Gasteiger partial charge in [0.05, 0.1) is 19.3 Å². The summed E-state index contributed by atoms with van der Waals surface area (Å²) in [5, 5.41) is 0. The van der Waals surface area contributed by atoms with Crippen LogP contribution in [0.1, 0.15) is 56.9 Å². The van der Waals surface area contributed by atoms with Gasteiger partial charge in [-0.25, -0.2) is 0 Å². The number of hydrogen-bond donors (Lipinski definition) is 0. The largest absolute Gasteiger partial charge is 0.487 e. The molecular formula is C25H38N2O3. The van der Waals surface area contributed by atoms with Gasteiger partial charge >= 0.3 is 0 Å². The van der Waals surface area contributed by atoms with Gasteiger partial charge in [-0.05, 0) is 75.1 Å². The Morgan fingerprint density at radius 3 is 2.50 bits per heavy atom. The number of piperidine rings is 2. The van der Waals surface area contributed by atoms with E-state index in [1.165, 1.54) is 62.9 Å². The molecule has 30 heavy (non-hydrogen) atoms. The van der Waals surface area contributed by atoms with E-state index in [9.17, 15) is 0 Å². The van der Waals surface area contributed by atoms with Gasteiger partial charge < -0.3 is 24.0 Å². The van der Waals surface area contributed by atoms with E-state index in [2.05, 4.69) is 28.0 Å². The molecule has 1 aromatic rings. The molecule has 4 aliphatic rings. The van der Waals surface area contributed by atoms with E-state index >= 15 is 0 Å². The fourth-order valence-electron chi connectivity index (χ4n) is 5.68. The third kappa shape index (κ3) is 4.35. The normalized spacial score (nSPS) is 25.0. The van der Waals surface area contributed by atoms with Crippen molar-refractivity contribution in [2.45, 2.75) is 75.5 Å². The molecule has 166 valence electrons. The summed E-state index contributed by atoms with van der Waals surface area (Å²) in [6, 6.07) is 7.77. The maximum Gasteiger partial charge on any atom is 0.123 e. The zero-order valence-corrected chi connectivity index (χ0v) is 18.6. The van der Waals surface area contributed by atoms with E-state index in [1.807, 2.05) is 0 Å². The highest BCUT2D eigenvalue weighted by Crippen LogP contribution is 2.42. The summed E-state index contributed by atoms with van der Waals surface area (Å²) in [6.07, 6.45) is 11.5. The van der Waals surface area contributed by atoms with Crippen molar-refractivity contribution >= 4 is 5.69 Å². The fourth-order valence-corrected chi connectivity index (χ4v) is 5.68. The van der Waals surface area contributed by atoms with Gasteiger partial charge in [0, 0.05) is 45.0 Å². The number of hydrogen-bond acceptors (Lipinski definition) is 5. The number of benzene rings is 1. The van der Waals surface area contributed by atoms with Gasteiger partial charge in [0.2, 0.25) is 0 Å². The van der Waals surface area contributed by atoms with E-state index < -0.39 is 0 Å². The Morgan fingerprint density at radius 2 is 1.80 bits per heavy atom. The lowest BCUT2D eigenvalue weighted by Gasteiger charge is -2.48. The average Bonchev–Trinajstić information content (AvgIpc) is 2.75. The lowest BCUT2D eigenvalue weighted by atomic mass is 9.81. The van der Waals surface area contributed by atoms with Crippen LogP contribution in [-0.2, 0) is 15.9 Å². The molecule has 0 unspecified atom stereocenters. The Morgan fingerprint density at radius 1 is 1.00 bits per heavy atom. The molecule has 5 rings (SSSR count). The Kier molecular flexibility index (Phi) is 6.22. The summed E-state index contributed by atoms with van der Waals surface area (Å²) in [7, 11) is 1.73. The van der Waals surface area contributed by atoms with E-state index in [-0.39, 0.29) is 5.60 Å². The van der Waals surface area contributed by atoms with Gasteiger partial charge in [-0.3, -0.25) is 0 Å². The predicted molar refractivity (Wildman–Crippen MR) is 120 cm³/mol. The van der Waals surface area contributed by atoms with Gasteiger partial charge in [-0.1, -0.05) is 6.42 Å². The number of rotatable bonds is 6. The van der Waals surface area contributed by atoms with Crippen LogP contribution >= 0.6 is 0 Å². The number of methoxy groups -OCH3 is 1. The second-order valence-electron chi connectivity index (χ2n) is 9.75. The molecule has 0 N–H and O–H groups in total. The minimum atomic E-state index is 0.0899. The summed E-state index contributed by atoms with van der Waals surface area (Å²) < 4.78 is 17.7. The SMILES string of the molecule is COCCOC1CCN(c2ccc3c(c2)CCC2(CCN(C4CCC4)CC2)O3)CC1. The number of fused-ring (bicyclic) bond motifs is 1. The minimum Gasteiger partial charge on any atom is -0.487 e. The molecule has 0 aromatic heterocycles. The maximum atomic E-state index is 6.68. The van der Waals surface area contributed by atoms with E-state index in [0.717, 1.165) is 44.1 Å². The molecule has 1 saturated carbocycles. The zero-order valence-electron chi connectivity index (χ0n) is 18.6. The fraction of sp³-hybridized carbons (Fsp3) is 0.760. The van der Waals surface area contributed by atoms with Crippen LogP contribution in [0.3, 0.4) is 0 Å². The van der Waals surface area contributed by atoms with Crippen LogP contribution in [-0.4, -0.2) is 69.1 Å². The smallest absolute Gasteiger partial charge is 0.123 e. The first-order valence-corrected chi connectivity index (χ1v) is 12.2. The first kappa shape index (κ1) is 20.6. The van der Waals surface area contributed by atoms with Gasteiger partial charge in [0.1, 0.15) is 11.4 Å². The number of anilines is 1. The Balaban J connectivity index is 1.15. The summed E-state index contributed by atoms with van der Waals surface area (Å²) in [6.45, 7) is 5.97. The Hall–Kier alpha value is -1.30. The van der Waals surface area contributed by atoms with Gasteiger partial charge in [-0.2, -0.15) is 0 Å². The van der Waals surface area contributed by atoms with Crippen molar-refractivity contribution in [3.05, 3.63) is 23.8 Å². The highest BCUT2D eigenvalue weighted by atomic mass is 16.5. The topological polar surface area (TPSA) is 34.2 Å². The number of ether oxygens (including phenoxy) is 3. The second-order valence-corrected chi connectivity index (χ2v) is 9.75. The molecule has 1 aromatic carbocycles. The minimum absolute atomic E-state index is 0.0899. The van der Waals surface area contributed by atoms with Crippen molar-refractivity contribution in [2.24, 2.45) is 0 Å². The predicted octanol–water partition coefficient (Wildman–Crippen LogP) is 4.03. The van der Waals surface area contributed by atoms with Gasteiger partial charge in [0.15, 0.2) is 0 Å². The van der Waals surface area contributed by atoms with Crippen LogP contribution in [0.25, 0.3) is 0 Å². The van der Waals surface area contributed by atoms with Crippen molar-refractivity contribution in [1.82, 2.24) is 4.90 Å². The highest BCUT2D eigenvalue weighted by molar-refractivity contribution is 5.54. The molecule has 5 nitrogen and oxygen atoms in total. The van der Waals surface area contributed by atoms with Crippen molar-refractivity contribution in [3.63, 3.8) is 0 Å². The Bertz CT molecular complexity index is 704. The molecule has 0 amide bonds. The van der Waals surface area contributed by atoms with Crippen molar-refractivity contribution < 1.29 is 14.2 Å². The third-order valence-electron chi connectivity index (χ3n) is 7.97. The summed E-state index contributed by atoms with van der Waals surface area (Å²) in [5.41, 5.74) is 2.84. The lowest BCUT2D eigenvalue weighted by molar-refractivity contribution is -0.0336. The molecular weight excluding hydrogens is 376 g/mol. The standard InChI is InChI=1S/C25H38N2O3/c1-28-17-18-29-23-8-13-26(14-9-23)22-5-6-24-20(19-22)7-10-25(30-24)11-15-27(16-12-25)21-3-2-4-21/h5-6,19,21,23H,2-4,7-18H2,1H3. The molecule has 5 heteroatoms. The molecule has 1 aliphatic carbocycles. The third-order valence-corrected chi connectivity index (χ3v) is 7.97. The molecule has 3 heterocycles. The first-order chi connectivity index (χ1) is 14.7. The quantitative estimate of drug-likeness (QED) is 0.657. The summed E-state index contributed by atoms with van der Waals surface area (Å²) in [4.78, 5) is 5.23. The monoisotopic (exact) mass is 414 g/mol. The summed E-state index contributed by atoms with van der Waals surface area (Å²) >= 11 is 0. The molecule has 0 radical (unpaired) electrons. The van der Waals surface area contributed by atoms with E-state index in [0.29, 0.717) is 19.3 Å². The van der Waals surface area contributed by atoms with Crippen LogP contribution in [0.4, 0.5) is 5.69 Å². The highest BCUT2D eigenvalue weighted by Gasteiger charge is 2.41. The molecule has 3 aliphatic heterocycles. The van der Waals surface area contributed by atoms with Gasteiger partial charge in [-0.15, -0.1) is 0 Å². The summed E-state index contributed by atoms with van der Waals surface area (Å²) in [5.74, 6) is 1.14. The van der Waals surface area contributed by atoms with Crippen molar-refractivity contribution in [3.8, 4) is 5.75 Å². The Labute approximate surface area is 181 Å².